The summed E-state index contributed by atoms with van der Waals surface area (Å²) in [6, 6.07) is 7.81. The van der Waals surface area contributed by atoms with E-state index in [4.69, 9.17) is 32.7 Å². The van der Waals surface area contributed by atoms with Crippen LogP contribution in [0.4, 0.5) is 0 Å². The predicted octanol–water partition coefficient (Wildman–Crippen LogP) is 3.72. The molecule has 0 aliphatic rings. The Morgan fingerprint density at radius 1 is 1.18 bits per heavy atom. The van der Waals surface area contributed by atoms with Crippen molar-refractivity contribution in [2.75, 3.05) is 32.8 Å². The van der Waals surface area contributed by atoms with Crippen molar-refractivity contribution in [2.24, 2.45) is 0 Å². The Morgan fingerprint density at radius 3 is 2.59 bits per heavy atom. The van der Waals surface area contributed by atoms with Crippen LogP contribution >= 0.6 is 23.2 Å². The fourth-order valence-corrected chi connectivity index (χ4v) is 2.20. The predicted molar refractivity (Wildman–Crippen MR) is 72.2 cm³/mol. The number of benzene rings is 1. The maximum absolute atomic E-state index is 6.14. The number of halogens is 2. The molecule has 0 aromatic heterocycles. The molecular weight excluding hydrogens is 259 g/mol. The van der Waals surface area contributed by atoms with Gasteiger partial charge in [-0.2, -0.15) is 0 Å². The van der Waals surface area contributed by atoms with Crippen molar-refractivity contribution < 1.29 is 9.47 Å². The van der Waals surface area contributed by atoms with Gasteiger partial charge in [0.2, 0.25) is 0 Å². The molecule has 4 heteroatoms. The largest absolute Gasteiger partial charge is 0.382 e. The smallest absolute Gasteiger partial charge is 0.0700 e. The van der Waals surface area contributed by atoms with Gasteiger partial charge >= 0.3 is 0 Å². The SMILES string of the molecule is COCCOCCC(CCl)c1ccccc1Cl. The van der Waals surface area contributed by atoms with Crippen LogP contribution in [0.15, 0.2) is 24.3 Å². The van der Waals surface area contributed by atoms with Crippen LogP contribution in [0.3, 0.4) is 0 Å². The minimum atomic E-state index is 0.243. The van der Waals surface area contributed by atoms with E-state index < -0.39 is 0 Å². The van der Waals surface area contributed by atoms with Gasteiger partial charge in [-0.3, -0.25) is 0 Å². The molecule has 0 heterocycles. The van der Waals surface area contributed by atoms with E-state index in [1.54, 1.807) is 7.11 Å². The molecule has 0 saturated carbocycles. The summed E-state index contributed by atoms with van der Waals surface area (Å²) < 4.78 is 10.3. The molecular formula is C13H18Cl2O2. The van der Waals surface area contributed by atoms with Crippen LogP contribution in [0.2, 0.25) is 5.02 Å². The lowest BCUT2D eigenvalue weighted by Gasteiger charge is -2.15. The molecule has 0 N–H and O–H groups in total. The van der Waals surface area contributed by atoms with Crippen LogP contribution in [-0.2, 0) is 9.47 Å². The fraction of sp³-hybridized carbons (Fsp3) is 0.538. The summed E-state index contributed by atoms with van der Waals surface area (Å²) >= 11 is 12.1. The van der Waals surface area contributed by atoms with E-state index in [1.807, 2.05) is 24.3 Å². The van der Waals surface area contributed by atoms with Gasteiger partial charge in [0.15, 0.2) is 0 Å². The Labute approximate surface area is 113 Å². The molecule has 1 aromatic carbocycles. The lowest BCUT2D eigenvalue weighted by molar-refractivity contribution is 0.0676. The van der Waals surface area contributed by atoms with E-state index in [-0.39, 0.29) is 5.92 Å². The molecule has 0 aliphatic heterocycles. The minimum absolute atomic E-state index is 0.243. The Balaban J connectivity index is 2.41. The molecule has 0 bridgehead atoms. The number of rotatable bonds is 8. The monoisotopic (exact) mass is 276 g/mol. The molecule has 0 fully saturated rings. The first-order chi connectivity index (χ1) is 8.29. The number of alkyl halides is 1. The summed E-state index contributed by atoms with van der Waals surface area (Å²) in [6.07, 6.45) is 0.872. The van der Waals surface area contributed by atoms with Gasteiger partial charge in [-0.15, -0.1) is 11.6 Å². The first-order valence-electron chi connectivity index (χ1n) is 5.66. The fourth-order valence-electron chi connectivity index (χ4n) is 1.59. The Bertz CT molecular complexity index is 318. The molecule has 1 atom stereocenters. The highest BCUT2D eigenvalue weighted by atomic mass is 35.5. The Hall–Kier alpha value is -0.280. The second kappa shape index (κ2) is 8.76. The average Bonchev–Trinajstić information content (AvgIpc) is 2.35. The second-order valence-corrected chi connectivity index (χ2v) is 4.48. The van der Waals surface area contributed by atoms with Crippen LogP contribution in [0.25, 0.3) is 0 Å². The first-order valence-corrected chi connectivity index (χ1v) is 6.58. The number of methoxy groups -OCH3 is 1. The van der Waals surface area contributed by atoms with Crippen LogP contribution in [0.5, 0.6) is 0 Å². The van der Waals surface area contributed by atoms with Gasteiger partial charge in [0.25, 0.3) is 0 Å². The Kier molecular flexibility index (Phi) is 7.62. The summed E-state index contributed by atoms with van der Waals surface area (Å²) in [4.78, 5) is 0. The van der Waals surface area contributed by atoms with Crippen molar-refractivity contribution >= 4 is 23.2 Å². The van der Waals surface area contributed by atoms with Crippen molar-refractivity contribution in [3.8, 4) is 0 Å². The van der Waals surface area contributed by atoms with Gasteiger partial charge in [0.05, 0.1) is 13.2 Å². The zero-order valence-electron chi connectivity index (χ0n) is 9.99. The molecule has 1 unspecified atom stereocenters. The normalized spacial score (nSPS) is 12.6. The van der Waals surface area contributed by atoms with Crippen molar-refractivity contribution in [2.45, 2.75) is 12.3 Å². The molecule has 0 aliphatic carbocycles. The quantitative estimate of drug-likeness (QED) is 0.532. The topological polar surface area (TPSA) is 18.5 Å². The maximum atomic E-state index is 6.14. The van der Waals surface area contributed by atoms with Crippen LogP contribution in [0.1, 0.15) is 17.9 Å². The summed E-state index contributed by atoms with van der Waals surface area (Å²) in [6.45, 7) is 1.91. The second-order valence-electron chi connectivity index (χ2n) is 3.77. The number of hydrogen-bond acceptors (Lipinski definition) is 2. The zero-order chi connectivity index (χ0) is 12.5. The van der Waals surface area contributed by atoms with E-state index in [2.05, 4.69) is 0 Å². The summed E-state index contributed by atoms with van der Waals surface area (Å²) in [5, 5.41) is 0.773. The van der Waals surface area contributed by atoms with Crippen molar-refractivity contribution in [3.05, 3.63) is 34.9 Å². The molecule has 0 radical (unpaired) electrons. The van der Waals surface area contributed by atoms with Crippen LogP contribution in [-0.4, -0.2) is 32.8 Å². The van der Waals surface area contributed by atoms with Gasteiger partial charge in [0, 0.05) is 30.5 Å². The third kappa shape index (κ3) is 5.26. The highest BCUT2D eigenvalue weighted by Crippen LogP contribution is 2.27. The first kappa shape index (κ1) is 14.8. The standard InChI is InChI=1S/C13H18Cl2O2/c1-16-8-9-17-7-6-11(10-14)12-4-2-3-5-13(12)15/h2-5,11H,6-10H2,1H3. The highest BCUT2D eigenvalue weighted by molar-refractivity contribution is 6.31. The van der Waals surface area contributed by atoms with Crippen LogP contribution in [0, 0.1) is 0 Å². The van der Waals surface area contributed by atoms with E-state index in [0.29, 0.717) is 25.7 Å². The lowest BCUT2D eigenvalue weighted by Crippen LogP contribution is -2.08. The molecule has 1 aromatic rings. The van der Waals surface area contributed by atoms with Gasteiger partial charge in [-0.1, -0.05) is 29.8 Å². The number of ether oxygens (including phenoxy) is 2. The molecule has 2 nitrogen and oxygen atoms in total. The van der Waals surface area contributed by atoms with Gasteiger partial charge in [0.1, 0.15) is 0 Å². The molecule has 17 heavy (non-hydrogen) atoms. The third-order valence-electron chi connectivity index (χ3n) is 2.57. The minimum Gasteiger partial charge on any atom is -0.382 e. The lowest BCUT2D eigenvalue weighted by atomic mass is 9.98. The zero-order valence-corrected chi connectivity index (χ0v) is 11.5. The van der Waals surface area contributed by atoms with Crippen molar-refractivity contribution in [3.63, 3.8) is 0 Å². The van der Waals surface area contributed by atoms with Crippen molar-refractivity contribution in [1.82, 2.24) is 0 Å². The number of hydrogen-bond donors (Lipinski definition) is 0. The van der Waals surface area contributed by atoms with Gasteiger partial charge in [-0.05, 0) is 18.1 Å². The molecule has 96 valence electrons. The van der Waals surface area contributed by atoms with Gasteiger partial charge in [-0.25, -0.2) is 0 Å². The average molecular weight is 277 g/mol. The van der Waals surface area contributed by atoms with Crippen LogP contribution < -0.4 is 0 Å². The Morgan fingerprint density at radius 2 is 1.94 bits per heavy atom. The van der Waals surface area contributed by atoms with Gasteiger partial charge < -0.3 is 9.47 Å². The van der Waals surface area contributed by atoms with E-state index >= 15 is 0 Å². The molecule has 0 saturated heterocycles. The molecule has 0 spiro atoms. The van der Waals surface area contributed by atoms with Crippen molar-refractivity contribution in [1.29, 1.82) is 0 Å². The summed E-state index contributed by atoms with van der Waals surface area (Å²) in [5.74, 6) is 0.796. The molecule has 1 rings (SSSR count). The van der Waals surface area contributed by atoms with E-state index in [0.717, 1.165) is 17.0 Å². The highest BCUT2D eigenvalue weighted by Gasteiger charge is 2.13. The summed E-state index contributed by atoms with van der Waals surface area (Å²) in [7, 11) is 1.66. The third-order valence-corrected chi connectivity index (χ3v) is 3.29. The summed E-state index contributed by atoms with van der Waals surface area (Å²) in [5.41, 5.74) is 1.10. The van der Waals surface area contributed by atoms with E-state index in [1.165, 1.54) is 0 Å². The maximum Gasteiger partial charge on any atom is 0.0700 e. The molecule has 0 amide bonds. The van der Waals surface area contributed by atoms with E-state index in [9.17, 15) is 0 Å².